The number of carbonyl (C=O) groups is 1. The second kappa shape index (κ2) is 6.62. The maximum Gasteiger partial charge on any atom is 0.227 e. The third-order valence-electron chi connectivity index (χ3n) is 2.92. The molecule has 1 atom stereocenters. The zero-order valence-electron chi connectivity index (χ0n) is 10.1. The number of piperazine rings is 1. The third kappa shape index (κ3) is 4.02. The lowest BCUT2D eigenvalue weighted by Crippen LogP contribution is -2.51. The highest BCUT2D eigenvalue weighted by Crippen LogP contribution is 2.05. The number of nitrogens with zero attached hydrogens (tertiary/aromatic N) is 1. The molecule has 1 aromatic carbocycles. The molecule has 0 aliphatic carbocycles. The lowest BCUT2D eigenvalue weighted by atomic mass is 10.1. The number of amides is 1. The van der Waals surface area contributed by atoms with Crippen LogP contribution in [0, 0.1) is 0 Å². The maximum absolute atomic E-state index is 12.0. The van der Waals surface area contributed by atoms with Gasteiger partial charge in [0.1, 0.15) is 0 Å². The summed E-state index contributed by atoms with van der Waals surface area (Å²) in [5, 5.41) is 3.34. The van der Waals surface area contributed by atoms with Crippen molar-refractivity contribution in [2.24, 2.45) is 0 Å². The second-order valence-electron chi connectivity index (χ2n) is 4.36. The van der Waals surface area contributed by atoms with Gasteiger partial charge in [-0.15, -0.1) is 12.4 Å². The van der Waals surface area contributed by atoms with Gasteiger partial charge in [-0.3, -0.25) is 4.79 Å². The standard InChI is InChI=1S/C13H18N2O.ClH/c1-11-10-15(8-7-14-11)13(16)9-12-5-3-2-4-6-12;/h2-6,11,14H,7-10H2,1H3;1H. The van der Waals surface area contributed by atoms with Gasteiger partial charge in [-0.25, -0.2) is 0 Å². The Bertz CT molecular complexity index is 356. The molecule has 0 saturated carbocycles. The molecular weight excluding hydrogens is 236 g/mol. The maximum atomic E-state index is 12.0. The van der Waals surface area contributed by atoms with Crippen molar-refractivity contribution < 1.29 is 4.79 Å². The zero-order valence-corrected chi connectivity index (χ0v) is 10.9. The monoisotopic (exact) mass is 254 g/mol. The van der Waals surface area contributed by atoms with Crippen LogP contribution in [0.15, 0.2) is 30.3 Å². The van der Waals surface area contributed by atoms with E-state index in [1.165, 1.54) is 0 Å². The summed E-state index contributed by atoms with van der Waals surface area (Å²) < 4.78 is 0. The molecule has 1 aliphatic heterocycles. The van der Waals surface area contributed by atoms with Crippen LogP contribution in [0.25, 0.3) is 0 Å². The Kier molecular flexibility index (Phi) is 5.45. The number of carbonyl (C=O) groups excluding carboxylic acids is 1. The molecule has 1 aromatic rings. The fraction of sp³-hybridized carbons (Fsp3) is 0.462. The van der Waals surface area contributed by atoms with Crippen LogP contribution in [0.5, 0.6) is 0 Å². The van der Waals surface area contributed by atoms with Crippen LogP contribution in [0.1, 0.15) is 12.5 Å². The molecule has 1 amide bonds. The SMILES string of the molecule is CC1CN(C(=O)Cc2ccccc2)CCN1.Cl. The number of rotatable bonds is 2. The minimum Gasteiger partial charge on any atom is -0.340 e. The molecule has 1 aliphatic rings. The van der Waals surface area contributed by atoms with Crippen molar-refractivity contribution in [3.63, 3.8) is 0 Å². The summed E-state index contributed by atoms with van der Waals surface area (Å²) in [4.78, 5) is 14.0. The van der Waals surface area contributed by atoms with Crippen molar-refractivity contribution in [1.82, 2.24) is 10.2 Å². The molecule has 0 bridgehead atoms. The van der Waals surface area contributed by atoms with Gasteiger partial charge in [-0.2, -0.15) is 0 Å². The molecule has 1 saturated heterocycles. The highest BCUT2D eigenvalue weighted by Gasteiger charge is 2.20. The molecule has 1 heterocycles. The molecule has 1 N–H and O–H groups in total. The van der Waals surface area contributed by atoms with Gasteiger partial charge in [0.15, 0.2) is 0 Å². The van der Waals surface area contributed by atoms with Crippen LogP contribution in [-0.4, -0.2) is 36.5 Å². The van der Waals surface area contributed by atoms with Crippen molar-refractivity contribution in [2.45, 2.75) is 19.4 Å². The number of hydrogen-bond acceptors (Lipinski definition) is 2. The van der Waals surface area contributed by atoms with Gasteiger partial charge in [-0.1, -0.05) is 30.3 Å². The first-order valence-electron chi connectivity index (χ1n) is 5.81. The van der Waals surface area contributed by atoms with Crippen LogP contribution in [-0.2, 0) is 11.2 Å². The van der Waals surface area contributed by atoms with E-state index in [1.807, 2.05) is 35.2 Å². The normalized spacial score (nSPS) is 19.6. The lowest BCUT2D eigenvalue weighted by Gasteiger charge is -2.32. The quantitative estimate of drug-likeness (QED) is 0.867. The number of nitrogens with one attached hydrogen (secondary N) is 1. The van der Waals surface area contributed by atoms with Crippen molar-refractivity contribution in [1.29, 1.82) is 0 Å². The average molecular weight is 255 g/mol. The Morgan fingerprint density at radius 3 is 2.76 bits per heavy atom. The van der Waals surface area contributed by atoms with E-state index in [0.29, 0.717) is 12.5 Å². The van der Waals surface area contributed by atoms with E-state index in [4.69, 9.17) is 0 Å². The van der Waals surface area contributed by atoms with E-state index in [0.717, 1.165) is 25.2 Å². The Morgan fingerprint density at radius 1 is 1.41 bits per heavy atom. The summed E-state index contributed by atoms with van der Waals surface area (Å²) >= 11 is 0. The van der Waals surface area contributed by atoms with Crippen molar-refractivity contribution in [3.8, 4) is 0 Å². The Hall–Kier alpha value is -1.06. The molecule has 94 valence electrons. The predicted molar refractivity (Wildman–Crippen MR) is 71.4 cm³/mol. The summed E-state index contributed by atoms with van der Waals surface area (Å²) in [7, 11) is 0. The molecule has 0 spiro atoms. The largest absolute Gasteiger partial charge is 0.340 e. The van der Waals surface area contributed by atoms with E-state index < -0.39 is 0 Å². The summed E-state index contributed by atoms with van der Waals surface area (Å²) in [5.74, 6) is 0.236. The summed E-state index contributed by atoms with van der Waals surface area (Å²) in [6.07, 6.45) is 0.521. The lowest BCUT2D eigenvalue weighted by molar-refractivity contribution is -0.131. The first-order valence-corrected chi connectivity index (χ1v) is 5.81. The van der Waals surface area contributed by atoms with Gasteiger partial charge >= 0.3 is 0 Å². The van der Waals surface area contributed by atoms with E-state index >= 15 is 0 Å². The smallest absolute Gasteiger partial charge is 0.227 e. The van der Waals surface area contributed by atoms with Gasteiger partial charge in [0.05, 0.1) is 6.42 Å². The van der Waals surface area contributed by atoms with Crippen LogP contribution >= 0.6 is 12.4 Å². The zero-order chi connectivity index (χ0) is 11.4. The predicted octanol–water partition coefficient (Wildman–Crippen LogP) is 1.47. The number of benzene rings is 1. The Morgan fingerprint density at radius 2 is 2.12 bits per heavy atom. The minimum absolute atomic E-state index is 0. The van der Waals surface area contributed by atoms with Crippen LogP contribution in [0.4, 0.5) is 0 Å². The third-order valence-corrected chi connectivity index (χ3v) is 2.92. The summed E-state index contributed by atoms with van der Waals surface area (Å²) in [5.41, 5.74) is 1.10. The van der Waals surface area contributed by atoms with E-state index in [-0.39, 0.29) is 18.3 Å². The van der Waals surface area contributed by atoms with Crippen molar-refractivity contribution >= 4 is 18.3 Å². The van der Waals surface area contributed by atoms with Gasteiger partial charge in [-0.05, 0) is 12.5 Å². The molecule has 0 radical (unpaired) electrons. The first kappa shape index (κ1) is 14.0. The second-order valence-corrected chi connectivity index (χ2v) is 4.36. The van der Waals surface area contributed by atoms with E-state index in [1.54, 1.807) is 0 Å². The molecule has 17 heavy (non-hydrogen) atoms. The van der Waals surface area contributed by atoms with E-state index in [2.05, 4.69) is 12.2 Å². The van der Waals surface area contributed by atoms with Gasteiger partial charge in [0, 0.05) is 25.7 Å². The van der Waals surface area contributed by atoms with Crippen molar-refractivity contribution in [2.75, 3.05) is 19.6 Å². The Labute approximate surface area is 109 Å². The van der Waals surface area contributed by atoms with E-state index in [9.17, 15) is 4.79 Å². The van der Waals surface area contributed by atoms with Gasteiger partial charge in [0.25, 0.3) is 0 Å². The highest BCUT2D eigenvalue weighted by molar-refractivity contribution is 5.85. The Balaban J connectivity index is 0.00000144. The molecule has 2 rings (SSSR count). The number of halogens is 1. The van der Waals surface area contributed by atoms with Gasteiger partial charge < -0.3 is 10.2 Å². The molecule has 0 aromatic heterocycles. The fourth-order valence-corrected chi connectivity index (χ4v) is 2.04. The van der Waals surface area contributed by atoms with Crippen LogP contribution in [0.3, 0.4) is 0 Å². The average Bonchev–Trinajstić information content (AvgIpc) is 2.30. The van der Waals surface area contributed by atoms with Crippen molar-refractivity contribution in [3.05, 3.63) is 35.9 Å². The van der Waals surface area contributed by atoms with Crippen LogP contribution < -0.4 is 5.32 Å². The molecule has 1 fully saturated rings. The molecule has 4 heteroatoms. The highest BCUT2D eigenvalue weighted by atomic mass is 35.5. The van der Waals surface area contributed by atoms with Crippen LogP contribution in [0.2, 0.25) is 0 Å². The molecular formula is C13H19ClN2O. The topological polar surface area (TPSA) is 32.3 Å². The fourth-order valence-electron chi connectivity index (χ4n) is 2.04. The minimum atomic E-state index is 0. The first-order chi connectivity index (χ1) is 7.75. The summed E-state index contributed by atoms with van der Waals surface area (Å²) in [6.45, 7) is 4.67. The molecule has 1 unspecified atom stereocenters. The van der Waals surface area contributed by atoms with Gasteiger partial charge in [0.2, 0.25) is 5.91 Å². The number of hydrogen-bond donors (Lipinski definition) is 1. The summed E-state index contributed by atoms with van der Waals surface area (Å²) in [6, 6.07) is 10.3. The molecule has 3 nitrogen and oxygen atoms in total.